The number of nitrogens with zero attached hydrogens (tertiary/aromatic N) is 2. The molecule has 5 heteroatoms. The molecule has 1 aliphatic carbocycles. The van der Waals surface area contributed by atoms with Crippen molar-refractivity contribution in [3.05, 3.63) is 65.2 Å². The van der Waals surface area contributed by atoms with Gasteiger partial charge in [-0.2, -0.15) is 0 Å². The molecule has 0 aromatic heterocycles. The lowest BCUT2D eigenvalue weighted by atomic mass is 9.89. The number of benzene rings is 2. The van der Waals surface area contributed by atoms with E-state index in [0.717, 1.165) is 31.0 Å². The van der Waals surface area contributed by atoms with Gasteiger partial charge in [-0.3, -0.25) is 9.69 Å². The van der Waals surface area contributed by atoms with Crippen molar-refractivity contribution < 1.29 is 14.3 Å². The van der Waals surface area contributed by atoms with Crippen LogP contribution in [0.3, 0.4) is 0 Å². The van der Waals surface area contributed by atoms with E-state index in [-0.39, 0.29) is 5.91 Å². The summed E-state index contributed by atoms with van der Waals surface area (Å²) in [5, 5.41) is 0. The molecule has 1 aliphatic heterocycles. The molecule has 2 aromatic rings. The summed E-state index contributed by atoms with van der Waals surface area (Å²) in [5.74, 6) is 2.07. The van der Waals surface area contributed by atoms with Crippen LogP contribution in [0, 0.1) is 5.92 Å². The second-order valence-electron chi connectivity index (χ2n) is 10.5. The van der Waals surface area contributed by atoms with Gasteiger partial charge in [0.2, 0.25) is 0 Å². The SMILES string of the molecule is COc1ccc(C(=O)N(CC(C)=Cc2ccccc2)C[C@@H]2CCCN2CC2CCCCC2)cc1OC. The molecule has 2 aliphatic rings. The number of carbonyl (C=O) groups is 1. The molecule has 1 heterocycles. The summed E-state index contributed by atoms with van der Waals surface area (Å²) in [4.78, 5) is 18.6. The summed E-state index contributed by atoms with van der Waals surface area (Å²) < 4.78 is 10.9. The quantitative estimate of drug-likeness (QED) is 0.392. The van der Waals surface area contributed by atoms with Crippen LogP contribution in [-0.2, 0) is 0 Å². The van der Waals surface area contributed by atoms with Crippen LogP contribution in [0.25, 0.3) is 6.08 Å². The molecule has 1 saturated heterocycles. The molecule has 0 unspecified atom stereocenters. The van der Waals surface area contributed by atoms with E-state index >= 15 is 0 Å². The van der Waals surface area contributed by atoms with Gasteiger partial charge >= 0.3 is 0 Å². The lowest BCUT2D eigenvalue weighted by Gasteiger charge is -2.34. The molecular weight excluding hydrogens is 448 g/mol. The molecule has 1 atom stereocenters. The first-order valence-corrected chi connectivity index (χ1v) is 13.5. The molecular formula is C31H42N2O3. The molecule has 36 heavy (non-hydrogen) atoms. The lowest BCUT2D eigenvalue weighted by molar-refractivity contribution is 0.0709. The van der Waals surface area contributed by atoms with Crippen molar-refractivity contribution in [2.75, 3.05) is 40.4 Å². The Morgan fingerprint density at radius 2 is 1.72 bits per heavy atom. The van der Waals surface area contributed by atoms with Crippen LogP contribution in [-0.4, -0.2) is 62.1 Å². The molecule has 0 bridgehead atoms. The fraction of sp³-hybridized carbons (Fsp3) is 0.516. The van der Waals surface area contributed by atoms with E-state index in [9.17, 15) is 4.79 Å². The van der Waals surface area contributed by atoms with Gasteiger partial charge in [-0.15, -0.1) is 0 Å². The standard InChI is InChI=1S/C31H42N2O3/c1-24(19-25-11-6-4-7-12-25)21-33(31(34)27-16-17-29(35-2)30(20-27)36-3)23-28-15-10-18-32(28)22-26-13-8-5-9-14-26/h4,6-7,11-12,16-17,19-20,26,28H,5,8-10,13-15,18,21-23H2,1-3H3/t28-/m0/s1. The number of ether oxygens (including phenoxy) is 2. The highest BCUT2D eigenvalue weighted by Crippen LogP contribution is 2.30. The van der Waals surface area contributed by atoms with E-state index in [4.69, 9.17) is 9.47 Å². The largest absolute Gasteiger partial charge is 0.493 e. The van der Waals surface area contributed by atoms with Crippen LogP contribution in [0.5, 0.6) is 11.5 Å². The summed E-state index contributed by atoms with van der Waals surface area (Å²) in [7, 11) is 3.22. The van der Waals surface area contributed by atoms with Crippen molar-refractivity contribution in [3.8, 4) is 11.5 Å². The minimum atomic E-state index is 0.0429. The summed E-state index contributed by atoms with van der Waals surface area (Å²) >= 11 is 0. The maximum Gasteiger partial charge on any atom is 0.254 e. The van der Waals surface area contributed by atoms with E-state index in [1.807, 2.05) is 35.2 Å². The fourth-order valence-electron chi connectivity index (χ4n) is 5.85. The zero-order valence-electron chi connectivity index (χ0n) is 22.2. The number of hydrogen-bond donors (Lipinski definition) is 0. The predicted octanol–water partition coefficient (Wildman–Crippen LogP) is 6.29. The topological polar surface area (TPSA) is 42.0 Å². The van der Waals surface area contributed by atoms with Gasteiger partial charge < -0.3 is 14.4 Å². The molecule has 2 fully saturated rings. The second kappa shape index (κ2) is 13.0. The lowest BCUT2D eigenvalue weighted by Crippen LogP contribution is -2.45. The third kappa shape index (κ3) is 6.91. The smallest absolute Gasteiger partial charge is 0.254 e. The zero-order valence-corrected chi connectivity index (χ0v) is 22.2. The molecule has 2 aromatic carbocycles. The summed E-state index contributed by atoms with van der Waals surface area (Å²) in [6.45, 7) is 5.81. The number of amides is 1. The normalized spacial score (nSPS) is 19.3. The first kappa shape index (κ1) is 26.3. The van der Waals surface area contributed by atoms with E-state index in [1.165, 1.54) is 50.6 Å². The van der Waals surface area contributed by atoms with Crippen LogP contribution < -0.4 is 9.47 Å². The fourth-order valence-corrected chi connectivity index (χ4v) is 5.85. The number of methoxy groups -OCH3 is 2. The molecule has 1 amide bonds. The highest BCUT2D eigenvalue weighted by molar-refractivity contribution is 5.95. The molecule has 5 nitrogen and oxygen atoms in total. The third-order valence-corrected chi connectivity index (χ3v) is 7.72. The van der Waals surface area contributed by atoms with Gasteiger partial charge in [0, 0.05) is 31.2 Å². The van der Waals surface area contributed by atoms with Gasteiger partial charge in [0.05, 0.1) is 14.2 Å². The van der Waals surface area contributed by atoms with Crippen LogP contribution in [0.1, 0.15) is 67.8 Å². The average Bonchev–Trinajstić information content (AvgIpc) is 3.34. The predicted molar refractivity (Wildman–Crippen MR) is 147 cm³/mol. The Labute approximate surface area is 217 Å². The van der Waals surface area contributed by atoms with Gasteiger partial charge in [0.15, 0.2) is 11.5 Å². The summed E-state index contributed by atoms with van der Waals surface area (Å²) in [6.07, 6.45) is 11.4. The van der Waals surface area contributed by atoms with Crippen molar-refractivity contribution in [2.24, 2.45) is 5.92 Å². The van der Waals surface area contributed by atoms with Gasteiger partial charge in [-0.1, -0.05) is 61.2 Å². The number of rotatable bonds is 10. The van der Waals surface area contributed by atoms with Gasteiger partial charge in [0.1, 0.15) is 0 Å². The van der Waals surface area contributed by atoms with E-state index < -0.39 is 0 Å². The van der Waals surface area contributed by atoms with Gasteiger partial charge in [0.25, 0.3) is 5.91 Å². The summed E-state index contributed by atoms with van der Waals surface area (Å²) in [6, 6.07) is 16.2. The Kier molecular flexibility index (Phi) is 9.46. The second-order valence-corrected chi connectivity index (χ2v) is 10.5. The maximum atomic E-state index is 13.9. The van der Waals surface area contributed by atoms with Crippen molar-refractivity contribution >= 4 is 12.0 Å². The Hall–Kier alpha value is -2.79. The average molecular weight is 491 g/mol. The molecule has 1 saturated carbocycles. The maximum absolute atomic E-state index is 13.9. The highest BCUT2D eigenvalue weighted by atomic mass is 16.5. The number of carbonyl (C=O) groups excluding carboxylic acids is 1. The highest BCUT2D eigenvalue weighted by Gasteiger charge is 2.31. The van der Waals surface area contributed by atoms with Crippen LogP contribution in [0.2, 0.25) is 0 Å². The Morgan fingerprint density at radius 1 is 0.972 bits per heavy atom. The van der Waals surface area contributed by atoms with Gasteiger partial charge in [-0.25, -0.2) is 0 Å². The zero-order chi connectivity index (χ0) is 25.3. The Bertz CT molecular complexity index is 1010. The molecule has 194 valence electrons. The minimum Gasteiger partial charge on any atom is -0.493 e. The van der Waals surface area contributed by atoms with Crippen molar-refractivity contribution in [2.45, 2.75) is 57.9 Å². The third-order valence-electron chi connectivity index (χ3n) is 7.72. The Morgan fingerprint density at radius 3 is 2.44 bits per heavy atom. The molecule has 0 radical (unpaired) electrons. The van der Waals surface area contributed by atoms with E-state index in [0.29, 0.717) is 29.6 Å². The van der Waals surface area contributed by atoms with Crippen molar-refractivity contribution in [3.63, 3.8) is 0 Å². The van der Waals surface area contributed by atoms with E-state index in [2.05, 4.69) is 30.0 Å². The van der Waals surface area contributed by atoms with Crippen LogP contribution in [0.15, 0.2) is 54.1 Å². The number of hydrogen-bond acceptors (Lipinski definition) is 4. The summed E-state index contributed by atoms with van der Waals surface area (Å²) in [5.41, 5.74) is 2.97. The van der Waals surface area contributed by atoms with E-state index in [1.54, 1.807) is 20.3 Å². The molecule has 0 N–H and O–H groups in total. The van der Waals surface area contributed by atoms with Crippen LogP contribution >= 0.6 is 0 Å². The van der Waals surface area contributed by atoms with Crippen LogP contribution in [0.4, 0.5) is 0 Å². The molecule has 4 rings (SSSR count). The van der Waals surface area contributed by atoms with Gasteiger partial charge in [-0.05, 0) is 68.8 Å². The first-order valence-electron chi connectivity index (χ1n) is 13.5. The monoisotopic (exact) mass is 490 g/mol. The minimum absolute atomic E-state index is 0.0429. The van der Waals surface area contributed by atoms with Crippen molar-refractivity contribution in [1.29, 1.82) is 0 Å². The molecule has 0 spiro atoms. The van der Waals surface area contributed by atoms with Crippen molar-refractivity contribution in [1.82, 2.24) is 9.80 Å². The number of likely N-dealkylation sites (tertiary alicyclic amines) is 1. The first-order chi connectivity index (χ1) is 17.6. The Balaban J connectivity index is 1.54.